The molecule has 0 unspecified atom stereocenters. The lowest BCUT2D eigenvalue weighted by Crippen LogP contribution is -1.98. The summed E-state index contributed by atoms with van der Waals surface area (Å²) >= 11 is 0. The Hall–Kier alpha value is -0.0400. The maximum absolute atomic E-state index is 5.32. The third-order valence-electron chi connectivity index (χ3n) is 1.62. The second-order valence-electron chi connectivity index (χ2n) is 2.32. The van der Waals surface area contributed by atoms with Crippen molar-refractivity contribution in [2.75, 3.05) is 6.54 Å². The summed E-state index contributed by atoms with van der Waals surface area (Å²) in [5.41, 5.74) is 5.32. The Morgan fingerprint density at radius 1 is 1.86 bits per heavy atom. The lowest BCUT2D eigenvalue weighted by molar-refractivity contribution is 0.745. The van der Waals surface area contributed by atoms with Gasteiger partial charge in [0.1, 0.15) is 0 Å². The van der Waals surface area contributed by atoms with Gasteiger partial charge < -0.3 is 5.73 Å². The first kappa shape index (κ1) is 5.10. The molecule has 41 valence electrons. The zero-order chi connectivity index (χ0) is 5.28. The first-order chi connectivity index (χ1) is 3.34. The van der Waals surface area contributed by atoms with E-state index in [9.17, 15) is 0 Å². The van der Waals surface area contributed by atoms with Crippen molar-refractivity contribution in [1.82, 2.24) is 0 Å². The van der Waals surface area contributed by atoms with E-state index in [1.807, 2.05) is 0 Å². The van der Waals surface area contributed by atoms with Crippen molar-refractivity contribution in [3.63, 3.8) is 0 Å². The first-order valence-electron chi connectivity index (χ1n) is 2.87. The Morgan fingerprint density at radius 3 is 2.57 bits per heavy atom. The van der Waals surface area contributed by atoms with Crippen LogP contribution in [0.1, 0.15) is 19.8 Å². The molecule has 1 aliphatic carbocycles. The molecule has 0 amide bonds. The minimum Gasteiger partial charge on any atom is -0.330 e. The molecule has 7 heavy (non-hydrogen) atoms. The first-order valence-corrected chi connectivity index (χ1v) is 2.87. The Morgan fingerprint density at radius 2 is 2.43 bits per heavy atom. The Kier molecular flexibility index (Phi) is 1.33. The predicted octanol–water partition coefficient (Wildman–Crippen LogP) is 0.949. The summed E-state index contributed by atoms with van der Waals surface area (Å²) in [4.78, 5) is 0. The molecule has 0 heterocycles. The third kappa shape index (κ3) is 1.16. The van der Waals surface area contributed by atoms with Gasteiger partial charge in [0, 0.05) is 0 Å². The molecule has 1 heteroatoms. The Balaban J connectivity index is 1.98. The molecule has 0 bridgehead atoms. The van der Waals surface area contributed by atoms with Gasteiger partial charge >= 0.3 is 0 Å². The van der Waals surface area contributed by atoms with Crippen molar-refractivity contribution in [3.8, 4) is 0 Å². The van der Waals surface area contributed by atoms with Gasteiger partial charge in [0.05, 0.1) is 0 Å². The van der Waals surface area contributed by atoms with Crippen LogP contribution in [0, 0.1) is 11.8 Å². The van der Waals surface area contributed by atoms with Crippen LogP contribution in [0.15, 0.2) is 0 Å². The van der Waals surface area contributed by atoms with E-state index in [0.717, 1.165) is 12.5 Å². The van der Waals surface area contributed by atoms with E-state index in [-0.39, 0.29) is 0 Å². The smallest absolute Gasteiger partial charge is 0.00744 e. The summed E-state index contributed by atoms with van der Waals surface area (Å²) in [5, 5.41) is 0. The number of rotatable bonds is 2. The number of hydrogen-bond donors (Lipinski definition) is 1. The highest BCUT2D eigenvalue weighted by Crippen LogP contribution is 2.42. The van der Waals surface area contributed by atoms with E-state index in [1.54, 1.807) is 5.92 Å². The van der Waals surface area contributed by atoms with Crippen molar-refractivity contribution in [2.45, 2.75) is 19.8 Å². The van der Waals surface area contributed by atoms with Crippen LogP contribution in [-0.4, -0.2) is 6.54 Å². The van der Waals surface area contributed by atoms with Gasteiger partial charge in [0.2, 0.25) is 0 Å². The summed E-state index contributed by atoms with van der Waals surface area (Å²) in [7, 11) is 0. The van der Waals surface area contributed by atoms with Crippen LogP contribution in [0.5, 0.6) is 0 Å². The molecule has 0 spiro atoms. The minimum absolute atomic E-state index is 0.863. The lowest BCUT2D eigenvalue weighted by Gasteiger charge is -1.86. The minimum atomic E-state index is 0.863. The highest BCUT2D eigenvalue weighted by molar-refractivity contribution is 5.09. The molecule has 0 aliphatic heterocycles. The van der Waals surface area contributed by atoms with Gasteiger partial charge in [-0.1, -0.05) is 6.92 Å². The van der Waals surface area contributed by atoms with Crippen molar-refractivity contribution in [3.05, 3.63) is 5.92 Å². The van der Waals surface area contributed by atoms with Gasteiger partial charge in [-0.15, -0.1) is 0 Å². The largest absolute Gasteiger partial charge is 0.330 e. The molecule has 1 radical (unpaired) electrons. The average molecular weight is 98.2 g/mol. The molecule has 2 N–H and O–H groups in total. The predicted molar refractivity (Wildman–Crippen MR) is 30.7 cm³/mol. The van der Waals surface area contributed by atoms with Crippen LogP contribution in [0.4, 0.5) is 0 Å². The van der Waals surface area contributed by atoms with Gasteiger partial charge in [-0.2, -0.15) is 0 Å². The molecule has 0 saturated heterocycles. The van der Waals surface area contributed by atoms with Gasteiger partial charge in [-0.25, -0.2) is 0 Å². The average Bonchev–Trinajstić information content (AvgIpc) is 2.22. The summed E-state index contributed by atoms with van der Waals surface area (Å²) in [6, 6.07) is 0. The zero-order valence-corrected chi connectivity index (χ0v) is 4.78. The van der Waals surface area contributed by atoms with Crippen LogP contribution in [-0.2, 0) is 0 Å². The molecule has 0 aromatic rings. The standard InChI is InChI=1S/C6H12N/c1-5-4-6(5)2-3-7/h6H,2-4,7H2,1H3/t6-/m1/s1. The highest BCUT2D eigenvalue weighted by Gasteiger charge is 2.31. The molecular weight excluding hydrogens is 86.1 g/mol. The monoisotopic (exact) mass is 98.1 g/mol. The maximum Gasteiger partial charge on any atom is -0.00744 e. The van der Waals surface area contributed by atoms with E-state index >= 15 is 0 Å². The topological polar surface area (TPSA) is 26.0 Å². The second-order valence-corrected chi connectivity index (χ2v) is 2.32. The quantitative estimate of drug-likeness (QED) is 0.546. The van der Waals surface area contributed by atoms with Crippen molar-refractivity contribution >= 4 is 0 Å². The molecule has 1 nitrogen and oxygen atoms in total. The van der Waals surface area contributed by atoms with E-state index in [0.29, 0.717) is 0 Å². The SMILES string of the molecule is C[C]1C[C@H]1CCN. The summed E-state index contributed by atoms with van der Waals surface area (Å²) in [6.07, 6.45) is 2.56. The van der Waals surface area contributed by atoms with Gasteiger partial charge in [-0.3, -0.25) is 0 Å². The number of hydrogen-bond acceptors (Lipinski definition) is 1. The fourth-order valence-corrected chi connectivity index (χ4v) is 0.879. The van der Waals surface area contributed by atoms with E-state index < -0.39 is 0 Å². The Labute approximate surface area is 44.9 Å². The van der Waals surface area contributed by atoms with E-state index in [2.05, 4.69) is 6.92 Å². The van der Waals surface area contributed by atoms with E-state index in [4.69, 9.17) is 5.73 Å². The van der Waals surface area contributed by atoms with Crippen LogP contribution in [0.25, 0.3) is 0 Å². The molecule has 0 aromatic heterocycles. The molecule has 0 aromatic carbocycles. The Bertz CT molecular complexity index is 61.2. The van der Waals surface area contributed by atoms with Gasteiger partial charge in [-0.05, 0) is 31.2 Å². The van der Waals surface area contributed by atoms with Crippen LogP contribution >= 0.6 is 0 Å². The normalized spacial score (nSPS) is 30.9. The zero-order valence-electron chi connectivity index (χ0n) is 4.78. The van der Waals surface area contributed by atoms with Crippen molar-refractivity contribution < 1.29 is 0 Å². The molecular formula is C6H12N. The summed E-state index contributed by atoms with van der Waals surface area (Å²) in [6.45, 7) is 3.07. The molecule has 1 atom stereocenters. The molecule has 1 fully saturated rings. The van der Waals surface area contributed by atoms with E-state index in [1.165, 1.54) is 12.8 Å². The number of nitrogens with two attached hydrogens (primary N) is 1. The second kappa shape index (κ2) is 1.83. The van der Waals surface area contributed by atoms with Gasteiger partial charge in [0.25, 0.3) is 0 Å². The van der Waals surface area contributed by atoms with Gasteiger partial charge in [0.15, 0.2) is 0 Å². The summed E-state index contributed by atoms with van der Waals surface area (Å²) in [5.74, 6) is 2.55. The molecule has 1 saturated carbocycles. The third-order valence-corrected chi connectivity index (χ3v) is 1.62. The summed E-state index contributed by atoms with van der Waals surface area (Å²) < 4.78 is 0. The fraction of sp³-hybridized carbons (Fsp3) is 0.833. The van der Waals surface area contributed by atoms with Crippen LogP contribution in [0.2, 0.25) is 0 Å². The highest BCUT2D eigenvalue weighted by atomic mass is 14.5. The maximum atomic E-state index is 5.32. The van der Waals surface area contributed by atoms with Crippen molar-refractivity contribution in [2.24, 2.45) is 11.7 Å². The molecule has 1 rings (SSSR count). The van der Waals surface area contributed by atoms with Crippen LogP contribution < -0.4 is 5.73 Å². The van der Waals surface area contributed by atoms with Crippen molar-refractivity contribution in [1.29, 1.82) is 0 Å². The van der Waals surface area contributed by atoms with Crippen LogP contribution in [0.3, 0.4) is 0 Å². The fourth-order valence-electron chi connectivity index (χ4n) is 0.879. The lowest BCUT2D eigenvalue weighted by atomic mass is 10.2. The molecule has 1 aliphatic rings.